The fraction of sp³-hybridized carbons (Fsp3) is 0.250. The van der Waals surface area contributed by atoms with E-state index in [9.17, 15) is 4.79 Å². The van der Waals surface area contributed by atoms with Crippen LogP contribution in [0.15, 0.2) is 42.5 Å². The zero-order valence-corrected chi connectivity index (χ0v) is 14.3. The standard InChI is InChI=1S/C20H20N2O3/c1-24-18-10-14-9-17(22-16(14)11-19(18)25-2)20(23)21-15-7-12-5-3-4-6-13(12)8-15/h3-6,9-11,15,22H,7-8H2,1-2H3,(H,21,23). The van der Waals surface area contributed by atoms with Crippen molar-refractivity contribution in [2.45, 2.75) is 18.9 Å². The molecular weight excluding hydrogens is 316 g/mol. The molecule has 1 aromatic heterocycles. The van der Waals surface area contributed by atoms with E-state index >= 15 is 0 Å². The smallest absolute Gasteiger partial charge is 0.267 e. The first-order valence-electron chi connectivity index (χ1n) is 8.30. The minimum absolute atomic E-state index is 0.0908. The van der Waals surface area contributed by atoms with Crippen molar-refractivity contribution >= 4 is 16.8 Å². The van der Waals surface area contributed by atoms with Crippen LogP contribution in [0.5, 0.6) is 11.5 Å². The van der Waals surface area contributed by atoms with Gasteiger partial charge in [0.15, 0.2) is 11.5 Å². The topological polar surface area (TPSA) is 63.3 Å². The van der Waals surface area contributed by atoms with Crippen LogP contribution in [0.2, 0.25) is 0 Å². The maximum atomic E-state index is 12.6. The number of amides is 1. The Balaban J connectivity index is 1.55. The van der Waals surface area contributed by atoms with Gasteiger partial charge in [-0.25, -0.2) is 0 Å². The van der Waals surface area contributed by atoms with E-state index in [-0.39, 0.29) is 11.9 Å². The number of ether oxygens (including phenoxy) is 2. The molecule has 5 heteroatoms. The van der Waals surface area contributed by atoms with Gasteiger partial charge in [0.25, 0.3) is 5.91 Å². The highest BCUT2D eigenvalue weighted by molar-refractivity contribution is 5.99. The zero-order chi connectivity index (χ0) is 17.4. The summed E-state index contributed by atoms with van der Waals surface area (Å²) >= 11 is 0. The summed E-state index contributed by atoms with van der Waals surface area (Å²) in [6.45, 7) is 0. The van der Waals surface area contributed by atoms with Crippen molar-refractivity contribution in [3.05, 3.63) is 59.3 Å². The molecule has 1 amide bonds. The molecule has 0 saturated carbocycles. The Labute approximate surface area is 146 Å². The van der Waals surface area contributed by atoms with Crippen LogP contribution in [-0.4, -0.2) is 31.2 Å². The Kier molecular flexibility index (Phi) is 3.84. The van der Waals surface area contributed by atoms with Crippen LogP contribution in [0.25, 0.3) is 10.9 Å². The second-order valence-corrected chi connectivity index (χ2v) is 6.32. The maximum Gasteiger partial charge on any atom is 0.267 e. The fourth-order valence-electron chi connectivity index (χ4n) is 3.51. The first kappa shape index (κ1) is 15.6. The summed E-state index contributed by atoms with van der Waals surface area (Å²) in [4.78, 5) is 15.8. The lowest BCUT2D eigenvalue weighted by Crippen LogP contribution is -2.35. The molecule has 0 fully saturated rings. The number of nitrogens with one attached hydrogen (secondary N) is 2. The predicted octanol–water partition coefficient (Wildman–Crippen LogP) is 3.08. The molecule has 3 aromatic rings. The lowest BCUT2D eigenvalue weighted by atomic mass is 10.1. The van der Waals surface area contributed by atoms with Crippen molar-refractivity contribution < 1.29 is 14.3 Å². The monoisotopic (exact) mass is 336 g/mol. The molecule has 0 radical (unpaired) electrons. The van der Waals surface area contributed by atoms with Gasteiger partial charge < -0.3 is 19.8 Å². The minimum Gasteiger partial charge on any atom is -0.493 e. The second-order valence-electron chi connectivity index (χ2n) is 6.32. The molecule has 5 nitrogen and oxygen atoms in total. The molecule has 2 aromatic carbocycles. The van der Waals surface area contributed by atoms with Gasteiger partial charge in [-0.3, -0.25) is 4.79 Å². The first-order chi connectivity index (χ1) is 12.2. The molecule has 25 heavy (non-hydrogen) atoms. The van der Waals surface area contributed by atoms with Crippen LogP contribution in [-0.2, 0) is 12.8 Å². The normalized spacial score (nSPS) is 13.7. The van der Waals surface area contributed by atoms with E-state index in [1.807, 2.05) is 30.3 Å². The number of benzene rings is 2. The van der Waals surface area contributed by atoms with E-state index in [1.54, 1.807) is 14.2 Å². The molecule has 0 aliphatic heterocycles. The maximum absolute atomic E-state index is 12.6. The molecule has 0 bridgehead atoms. The van der Waals surface area contributed by atoms with E-state index in [2.05, 4.69) is 22.4 Å². The number of aromatic amines is 1. The summed E-state index contributed by atoms with van der Waals surface area (Å²) in [6, 6.07) is 14.0. The van der Waals surface area contributed by atoms with Crippen LogP contribution in [0, 0.1) is 0 Å². The van der Waals surface area contributed by atoms with Gasteiger partial charge in [0.05, 0.1) is 14.2 Å². The van der Waals surface area contributed by atoms with Gasteiger partial charge in [0.2, 0.25) is 0 Å². The summed E-state index contributed by atoms with van der Waals surface area (Å²) in [5.74, 6) is 1.19. The number of hydrogen-bond acceptors (Lipinski definition) is 3. The van der Waals surface area contributed by atoms with Crippen LogP contribution in [0.3, 0.4) is 0 Å². The lowest BCUT2D eigenvalue weighted by Gasteiger charge is -2.10. The molecular formula is C20H20N2O3. The number of carbonyl (C=O) groups is 1. The lowest BCUT2D eigenvalue weighted by molar-refractivity contribution is 0.0934. The van der Waals surface area contributed by atoms with Gasteiger partial charge in [0, 0.05) is 23.0 Å². The summed E-state index contributed by atoms with van der Waals surface area (Å²) in [6.07, 6.45) is 1.76. The van der Waals surface area contributed by atoms with Crippen LogP contribution >= 0.6 is 0 Å². The number of aromatic nitrogens is 1. The van der Waals surface area contributed by atoms with E-state index in [4.69, 9.17) is 9.47 Å². The van der Waals surface area contributed by atoms with Crippen molar-refractivity contribution in [2.75, 3.05) is 14.2 Å². The van der Waals surface area contributed by atoms with Gasteiger partial charge in [-0.1, -0.05) is 24.3 Å². The molecule has 2 N–H and O–H groups in total. The molecule has 0 atom stereocenters. The Morgan fingerprint density at radius 1 is 1.04 bits per heavy atom. The SMILES string of the molecule is COc1cc2cc(C(=O)NC3Cc4ccccc4C3)[nH]c2cc1OC. The third-order valence-corrected chi connectivity index (χ3v) is 4.76. The number of fused-ring (bicyclic) bond motifs is 2. The molecule has 0 unspecified atom stereocenters. The van der Waals surface area contributed by atoms with Crippen molar-refractivity contribution in [3.8, 4) is 11.5 Å². The van der Waals surface area contributed by atoms with E-state index in [1.165, 1.54) is 11.1 Å². The zero-order valence-electron chi connectivity index (χ0n) is 14.3. The van der Waals surface area contributed by atoms with E-state index in [0.717, 1.165) is 23.7 Å². The van der Waals surface area contributed by atoms with Gasteiger partial charge in [-0.05, 0) is 36.1 Å². The van der Waals surface area contributed by atoms with Crippen LogP contribution in [0.4, 0.5) is 0 Å². The molecule has 4 rings (SSSR count). The van der Waals surface area contributed by atoms with Crippen LogP contribution < -0.4 is 14.8 Å². The molecule has 0 saturated heterocycles. The van der Waals surface area contributed by atoms with Crippen molar-refractivity contribution in [1.29, 1.82) is 0 Å². The second kappa shape index (κ2) is 6.16. The van der Waals surface area contributed by atoms with Crippen molar-refractivity contribution in [3.63, 3.8) is 0 Å². The first-order valence-corrected chi connectivity index (χ1v) is 8.30. The third-order valence-electron chi connectivity index (χ3n) is 4.76. The number of rotatable bonds is 4. The quantitative estimate of drug-likeness (QED) is 0.769. The fourth-order valence-corrected chi connectivity index (χ4v) is 3.51. The highest BCUT2D eigenvalue weighted by Crippen LogP contribution is 2.32. The van der Waals surface area contributed by atoms with Crippen molar-refractivity contribution in [2.24, 2.45) is 0 Å². The highest BCUT2D eigenvalue weighted by atomic mass is 16.5. The Morgan fingerprint density at radius 3 is 2.32 bits per heavy atom. The number of hydrogen-bond donors (Lipinski definition) is 2. The van der Waals surface area contributed by atoms with Crippen molar-refractivity contribution in [1.82, 2.24) is 10.3 Å². The Hall–Kier alpha value is -2.95. The molecule has 128 valence electrons. The molecule has 1 aliphatic rings. The Morgan fingerprint density at radius 2 is 1.68 bits per heavy atom. The van der Waals surface area contributed by atoms with E-state index in [0.29, 0.717) is 17.2 Å². The summed E-state index contributed by atoms with van der Waals surface area (Å²) in [5, 5.41) is 4.04. The third kappa shape index (κ3) is 2.82. The average molecular weight is 336 g/mol. The van der Waals surface area contributed by atoms with Crippen LogP contribution in [0.1, 0.15) is 21.6 Å². The summed E-state index contributed by atoms with van der Waals surface area (Å²) < 4.78 is 10.6. The Bertz CT molecular complexity index is 879. The van der Waals surface area contributed by atoms with E-state index < -0.39 is 0 Å². The number of H-pyrrole nitrogens is 1. The van der Waals surface area contributed by atoms with Gasteiger partial charge in [0.1, 0.15) is 5.69 Å². The van der Waals surface area contributed by atoms with Gasteiger partial charge in [-0.15, -0.1) is 0 Å². The molecule has 1 heterocycles. The summed E-state index contributed by atoms with van der Waals surface area (Å²) in [5.41, 5.74) is 4.02. The predicted molar refractivity (Wildman–Crippen MR) is 96.5 cm³/mol. The molecule has 1 aliphatic carbocycles. The number of carbonyl (C=O) groups excluding carboxylic acids is 1. The minimum atomic E-state index is -0.0908. The average Bonchev–Trinajstić information content (AvgIpc) is 3.22. The molecule has 0 spiro atoms. The summed E-state index contributed by atoms with van der Waals surface area (Å²) in [7, 11) is 3.19. The largest absolute Gasteiger partial charge is 0.493 e. The highest BCUT2D eigenvalue weighted by Gasteiger charge is 2.23. The van der Waals surface area contributed by atoms with Gasteiger partial charge >= 0.3 is 0 Å². The number of methoxy groups -OCH3 is 2. The van der Waals surface area contributed by atoms with Gasteiger partial charge in [-0.2, -0.15) is 0 Å².